The maximum absolute atomic E-state index is 11.9. The van der Waals surface area contributed by atoms with Crippen molar-refractivity contribution < 1.29 is 9.72 Å². The summed E-state index contributed by atoms with van der Waals surface area (Å²) in [5.74, 6) is -0.266. The number of benzene rings is 2. The van der Waals surface area contributed by atoms with Crippen molar-refractivity contribution in [3.8, 4) is 0 Å². The van der Waals surface area contributed by atoms with Crippen molar-refractivity contribution >= 4 is 45.6 Å². The molecule has 1 amide bonds. The molecule has 114 valence electrons. The van der Waals surface area contributed by atoms with Crippen molar-refractivity contribution in [1.29, 1.82) is 0 Å². The van der Waals surface area contributed by atoms with Gasteiger partial charge in [0.1, 0.15) is 0 Å². The minimum atomic E-state index is -0.463. The van der Waals surface area contributed by atoms with Crippen LogP contribution in [-0.2, 0) is 4.79 Å². The van der Waals surface area contributed by atoms with Gasteiger partial charge >= 0.3 is 0 Å². The molecule has 0 fully saturated rings. The van der Waals surface area contributed by atoms with Gasteiger partial charge in [-0.25, -0.2) is 0 Å². The second kappa shape index (κ2) is 7.21. The quantitative estimate of drug-likeness (QED) is 0.448. The number of hydrogen-bond donors (Lipinski definition) is 2. The highest BCUT2D eigenvalue weighted by molar-refractivity contribution is 14.1. The Hall–Kier alpha value is -2.16. The number of hydrogen-bond acceptors (Lipinski definition) is 4. The third kappa shape index (κ3) is 4.17. The molecule has 2 aromatic carbocycles. The van der Waals surface area contributed by atoms with Crippen molar-refractivity contribution in [2.45, 2.75) is 6.92 Å². The molecule has 22 heavy (non-hydrogen) atoms. The Bertz CT molecular complexity index is 719. The minimum absolute atomic E-state index is 0.0108. The molecule has 0 aliphatic heterocycles. The summed E-state index contributed by atoms with van der Waals surface area (Å²) in [5, 5.41) is 16.6. The van der Waals surface area contributed by atoms with Gasteiger partial charge in [0.2, 0.25) is 5.91 Å². The van der Waals surface area contributed by atoms with E-state index in [0.717, 1.165) is 9.26 Å². The molecule has 2 aromatic rings. The molecule has 0 aromatic heterocycles. The van der Waals surface area contributed by atoms with Crippen molar-refractivity contribution in [3.05, 3.63) is 61.7 Å². The first-order chi connectivity index (χ1) is 10.5. The van der Waals surface area contributed by atoms with E-state index in [4.69, 9.17) is 0 Å². The van der Waals surface area contributed by atoms with E-state index in [2.05, 4.69) is 33.2 Å². The van der Waals surface area contributed by atoms with Crippen LogP contribution in [0.5, 0.6) is 0 Å². The Balaban J connectivity index is 1.99. The van der Waals surface area contributed by atoms with Gasteiger partial charge < -0.3 is 10.6 Å². The Kier molecular flexibility index (Phi) is 5.31. The lowest BCUT2D eigenvalue weighted by molar-refractivity contribution is -0.385. The summed E-state index contributed by atoms with van der Waals surface area (Å²) in [4.78, 5) is 22.3. The number of rotatable bonds is 5. The van der Waals surface area contributed by atoms with Gasteiger partial charge in [-0.3, -0.25) is 14.9 Å². The standard InChI is InChI=1S/C15H14IN3O3/c1-10-6-7-11(8-14(10)19(21)22)18-15(20)9-17-13-5-3-2-4-12(13)16/h2-8,17H,9H2,1H3,(H,18,20). The molecule has 0 spiro atoms. The largest absolute Gasteiger partial charge is 0.375 e. The van der Waals surface area contributed by atoms with E-state index in [0.29, 0.717) is 11.3 Å². The Morgan fingerprint density at radius 3 is 2.68 bits per heavy atom. The van der Waals surface area contributed by atoms with Gasteiger partial charge in [0.25, 0.3) is 5.69 Å². The zero-order valence-electron chi connectivity index (χ0n) is 11.8. The number of nitro benzene ring substituents is 1. The normalized spacial score (nSPS) is 10.1. The van der Waals surface area contributed by atoms with Crippen LogP contribution < -0.4 is 10.6 Å². The predicted molar refractivity (Wildman–Crippen MR) is 94.1 cm³/mol. The molecule has 2 N–H and O–H groups in total. The van der Waals surface area contributed by atoms with Crippen LogP contribution in [-0.4, -0.2) is 17.4 Å². The third-order valence-corrected chi connectivity index (χ3v) is 3.94. The third-order valence-electron chi connectivity index (χ3n) is 3.00. The number of aryl methyl sites for hydroxylation is 1. The summed E-state index contributed by atoms with van der Waals surface area (Å²) in [7, 11) is 0. The van der Waals surface area contributed by atoms with Crippen LogP contribution in [0.15, 0.2) is 42.5 Å². The van der Waals surface area contributed by atoms with Crippen molar-refractivity contribution in [1.82, 2.24) is 0 Å². The van der Waals surface area contributed by atoms with Crippen LogP contribution in [0.4, 0.5) is 17.1 Å². The number of nitrogens with zero attached hydrogens (tertiary/aromatic N) is 1. The van der Waals surface area contributed by atoms with Gasteiger partial charge in [0.15, 0.2) is 0 Å². The van der Waals surface area contributed by atoms with Crippen LogP contribution in [0.2, 0.25) is 0 Å². The molecule has 0 aliphatic rings. The molecule has 2 rings (SSSR count). The van der Waals surface area contributed by atoms with Crippen LogP contribution in [0, 0.1) is 20.6 Å². The van der Waals surface area contributed by atoms with Gasteiger partial charge in [-0.2, -0.15) is 0 Å². The number of nitro groups is 1. The highest BCUT2D eigenvalue weighted by atomic mass is 127. The first-order valence-corrected chi connectivity index (χ1v) is 7.58. The van der Waals surface area contributed by atoms with Gasteiger partial charge in [0.05, 0.1) is 11.5 Å². The predicted octanol–water partition coefficient (Wildman–Crippen LogP) is 3.56. The fraction of sp³-hybridized carbons (Fsp3) is 0.133. The Morgan fingerprint density at radius 1 is 1.27 bits per heavy atom. The minimum Gasteiger partial charge on any atom is -0.375 e. The molecule has 0 atom stereocenters. The van der Waals surface area contributed by atoms with Crippen LogP contribution in [0.25, 0.3) is 0 Å². The highest BCUT2D eigenvalue weighted by Gasteiger charge is 2.12. The first kappa shape index (κ1) is 16.2. The summed E-state index contributed by atoms with van der Waals surface area (Å²) in [5.41, 5.74) is 1.82. The Labute approximate surface area is 141 Å². The summed E-state index contributed by atoms with van der Waals surface area (Å²) >= 11 is 2.18. The summed E-state index contributed by atoms with van der Waals surface area (Å²) in [6.45, 7) is 1.74. The van der Waals surface area contributed by atoms with Crippen molar-refractivity contribution in [2.24, 2.45) is 0 Å². The Morgan fingerprint density at radius 2 is 2.00 bits per heavy atom. The van der Waals surface area contributed by atoms with Crippen molar-refractivity contribution in [3.63, 3.8) is 0 Å². The van der Waals surface area contributed by atoms with Crippen LogP contribution in [0.1, 0.15) is 5.56 Å². The molecule has 7 heteroatoms. The maximum Gasteiger partial charge on any atom is 0.274 e. The lowest BCUT2D eigenvalue weighted by Crippen LogP contribution is -2.22. The first-order valence-electron chi connectivity index (χ1n) is 6.50. The molecule has 0 saturated heterocycles. The molecular weight excluding hydrogens is 397 g/mol. The topological polar surface area (TPSA) is 84.3 Å². The molecule has 0 saturated carbocycles. The number of carbonyl (C=O) groups is 1. The summed E-state index contributed by atoms with van der Waals surface area (Å²) in [6, 6.07) is 12.2. The summed E-state index contributed by atoms with van der Waals surface area (Å²) < 4.78 is 1.01. The fourth-order valence-corrected chi connectivity index (χ4v) is 2.45. The van der Waals surface area contributed by atoms with E-state index >= 15 is 0 Å². The van der Waals surface area contributed by atoms with E-state index in [-0.39, 0.29) is 18.1 Å². The lowest BCUT2D eigenvalue weighted by Gasteiger charge is -2.09. The van der Waals surface area contributed by atoms with E-state index in [9.17, 15) is 14.9 Å². The summed E-state index contributed by atoms with van der Waals surface area (Å²) in [6.07, 6.45) is 0. The molecular formula is C15H14IN3O3. The SMILES string of the molecule is Cc1ccc(NC(=O)CNc2ccccc2I)cc1[N+](=O)[O-]. The van der Waals surface area contributed by atoms with E-state index in [1.165, 1.54) is 6.07 Å². The van der Waals surface area contributed by atoms with Gasteiger partial charge in [-0.05, 0) is 47.7 Å². The maximum atomic E-state index is 11.9. The van der Waals surface area contributed by atoms with Gasteiger partial charge in [-0.15, -0.1) is 0 Å². The number of amides is 1. The number of anilines is 2. The van der Waals surface area contributed by atoms with E-state index in [1.54, 1.807) is 19.1 Å². The van der Waals surface area contributed by atoms with Crippen LogP contribution >= 0.6 is 22.6 Å². The fourth-order valence-electron chi connectivity index (χ4n) is 1.87. The van der Waals surface area contributed by atoms with E-state index < -0.39 is 4.92 Å². The van der Waals surface area contributed by atoms with Gasteiger partial charge in [-0.1, -0.05) is 18.2 Å². The second-order valence-corrected chi connectivity index (χ2v) is 5.80. The number of carbonyl (C=O) groups excluding carboxylic acids is 1. The van der Waals surface area contributed by atoms with Crippen molar-refractivity contribution in [2.75, 3.05) is 17.2 Å². The lowest BCUT2D eigenvalue weighted by atomic mass is 10.2. The molecule has 6 nitrogen and oxygen atoms in total. The number of nitrogens with one attached hydrogen (secondary N) is 2. The molecule has 0 unspecified atom stereocenters. The second-order valence-electron chi connectivity index (χ2n) is 4.64. The average molecular weight is 411 g/mol. The molecule has 0 bridgehead atoms. The monoisotopic (exact) mass is 411 g/mol. The molecule has 0 heterocycles. The van der Waals surface area contributed by atoms with Crippen LogP contribution in [0.3, 0.4) is 0 Å². The molecule has 0 aliphatic carbocycles. The number of halogens is 1. The zero-order valence-corrected chi connectivity index (χ0v) is 14.0. The average Bonchev–Trinajstić information content (AvgIpc) is 2.48. The molecule has 0 radical (unpaired) electrons. The zero-order chi connectivity index (χ0) is 16.1. The van der Waals surface area contributed by atoms with E-state index in [1.807, 2.05) is 24.3 Å². The highest BCUT2D eigenvalue weighted by Crippen LogP contribution is 2.22. The smallest absolute Gasteiger partial charge is 0.274 e. The number of para-hydroxylation sites is 1. The van der Waals surface area contributed by atoms with Gasteiger partial charge in [0, 0.05) is 26.6 Å².